The summed E-state index contributed by atoms with van der Waals surface area (Å²) in [4.78, 5) is 31.8. The van der Waals surface area contributed by atoms with Gasteiger partial charge in [-0.1, -0.05) is 18.2 Å². The summed E-state index contributed by atoms with van der Waals surface area (Å²) in [6.45, 7) is 1.72. The smallest absolute Gasteiger partial charge is 0.416 e. The number of fused-ring (bicyclic) bond motifs is 1. The van der Waals surface area contributed by atoms with Crippen molar-refractivity contribution < 1.29 is 27.2 Å². The third kappa shape index (κ3) is 4.60. The van der Waals surface area contributed by atoms with Crippen LogP contribution in [-0.4, -0.2) is 39.4 Å². The molecule has 3 heterocycles. The van der Waals surface area contributed by atoms with Gasteiger partial charge in [0.25, 0.3) is 5.91 Å². The molecule has 1 saturated heterocycles. The van der Waals surface area contributed by atoms with Gasteiger partial charge in [0.15, 0.2) is 0 Å². The minimum atomic E-state index is -4.49. The number of thioether (sulfide) groups is 1. The van der Waals surface area contributed by atoms with E-state index in [2.05, 4.69) is 4.98 Å². The second-order valence-corrected chi connectivity index (χ2v) is 10.6. The first-order chi connectivity index (χ1) is 17.1. The Hall–Kier alpha value is -3.31. The van der Waals surface area contributed by atoms with E-state index in [0.717, 1.165) is 12.1 Å². The summed E-state index contributed by atoms with van der Waals surface area (Å²) in [6.07, 6.45) is -4.08. The van der Waals surface area contributed by atoms with Gasteiger partial charge in [0.1, 0.15) is 17.0 Å². The molecule has 1 aliphatic heterocycles. The monoisotopic (exact) mass is 531 g/mol. The standard InChI is InChI=1S/C25H20F3N3O3S2/c1-13-30-21(22(36-13)14-4-2-5-15(8-14)25(26,27)28)24(33)31-12-35-11-16(31)9-17-10-19-18(23(29)32)6-3-7-20(19)34-17/h2-8,10,16H,9,11-12H2,1H3,(H2,29,32)/t16-/m1/s1. The van der Waals surface area contributed by atoms with Crippen LogP contribution in [0.25, 0.3) is 21.4 Å². The van der Waals surface area contributed by atoms with Crippen LogP contribution < -0.4 is 5.73 Å². The van der Waals surface area contributed by atoms with E-state index in [1.54, 1.807) is 53.9 Å². The largest absolute Gasteiger partial charge is 0.461 e. The third-order valence-corrected chi connectivity index (χ3v) is 8.05. The van der Waals surface area contributed by atoms with Crippen LogP contribution in [0.2, 0.25) is 0 Å². The average Bonchev–Trinajstić information content (AvgIpc) is 3.56. The van der Waals surface area contributed by atoms with Crippen LogP contribution in [0.3, 0.4) is 0 Å². The molecule has 186 valence electrons. The number of rotatable bonds is 5. The summed E-state index contributed by atoms with van der Waals surface area (Å²) in [5.74, 6) is 0.803. The Morgan fingerprint density at radius 3 is 2.72 bits per heavy atom. The Kier molecular flexibility index (Phi) is 6.29. The van der Waals surface area contributed by atoms with Crippen molar-refractivity contribution in [2.24, 2.45) is 5.73 Å². The van der Waals surface area contributed by atoms with Crippen LogP contribution in [0, 0.1) is 6.92 Å². The molecule has 0 bridgehead atoms. The van der Waals surface area contributed by atoms with Gasteiger partial charge in [-0.3, -0.25) is 9.59 Å². The molecule has 0 radical (unpaired) electrons. The zero-order chi connectivity index (χ0) is 25.6. The van der Waals surface area contributed by atoms with Crippen LogP contribution in [0.5, 0.6) is 0 Å². The van der Waals surface area contributed by atoms with Gasteiger partial charge in [-0.25, -0.2) is 4.98 Å². The molecule has 0 saturated carbocycles. The molecule has 11 heteroatoms. The van der Waals surface area contributed by atoms with Crippen molar-refractivity contribution in [1.29, 1.82) is 0 Å². The first-order valence-corrected chi connectivity index (χ1v) is 12.9. The van der Waals surface area contributed by atoms with Gasteiger partial charge in [0, 0.05) is 23.6 Å². The zero-order valence-corrected chi connectivity index (χ0v) is 20.6. The number of hydrogen-bond acceptors (Lipinski definition) is 6. The molecule has 36 heavy (non-hydrogen) atoms. The van der Waals surface area contributed by atoms with Crippen LogP contribution in [0.1, 0.15) is 37.2 Å². The van der Waals surface area contributed by atoms with Crippen molar-refractivity contribution in [3.05, 3.63) is 76.1 Å². The molecule has 1 fully saturated rings. The highest BCUT2D eigenvalue weighted by molar-refractivity contribution is 7.99. The number of aromatic nitrogens is 1. The molecule has 0 unspecified atom stereocenters. The molecular formula is C25H20F3N3O3S2. The Morgan fingerprint density at radius 2 is 1.97 bits per heavy atom. The van der Waals surface area contributed by atoms with E-state index in [1.807, 2.05) is 0 Å². The van der Waals surface area contributed by atoms with Crippen molar-refractivity contribution in [1.82, 2.24) is 9.88 Å². The SMILES string of the molecule is Cc1nc(C(=O)N2CSC[C@H]2Cc2cc3c(C(N)=O)cccc3o2)c(-c2cccc(C(F)(F)F)c2)s1. The van der Waals surface area contributed by atoms with E-state index < -0.39 is 17.6 Å². The molecular weight excluding hydrogens is 511 g/mol. The fourth-order valence-electron chi connectivity index (χ4n) is 4.28. The highest BCUT2D eigenvalue weighted by Crippen LogP contribution is 2.37. The third-order valence-electron chi connectivity index (χ3n) is 5.95. The first kappa shape index (κ1) is 24.4. The lowest BCUT2D eigenvalue weighted by molar-refractivity contribution is -0.137. The topological polar surface area (TPSA) is 89.4 Å². The van der Waals surface area contributed by atoms with Crippen LogP contribution in [-0.2, 0) is 12.6 Å². The number of halogens is 3. The van der Waals surface area contributed by atoms with E-state index in [-0.39, 0.29) is 17.6 Å². The molecule has 1 aliphatic rings. The van der Waals surface area contributed by atoms with Crippen molar-refractivity contribution in [2.75, 3.05) is 11.6 Å². The molecule has 1 atom stereocenters. The van der Waals surface area contributed by atoms with Gasteiger partial charge < -0.3 is 15.1 Å². The van der Waals surface area contributed by atoms with Crippen LogP contribution in [0.15, 0.2) is 52.9 Å². The van der Waals surface area contributed by atoms with Crippen molar-refractivity contribution >= 4 is 45.9 Å². The number of amides is 2. The summed E-state index contributed by atoms with van der Waals surface area (Å²) >= 11 is 2.77. The lowest BCUT2D eigenvalue weighted by atomic mass is 10.1. The molecule has 2 aromatic carbocycles. The predicted octanol–water partition coefficient (Wildman–Crippen LogP) is 5.74. The maximum Gasteiger partial charge on any atom is 0.416 e. The number of carbonyl (C=O) groups excluding carboxylic acids is 2. The predicted molar refractivity (Wildman–Crippen MR) is 133 cm³/mol. The Balaban J connectivity index is 1.43. The summed E-state index contributed by atoms with van der Waals surface area (Å²) in [7, 11) is 0. The lowest BCUT2D eigenvalue weighted by Crippen LogP contribution is -2.38. The number of furan rings is 1. The maximum atomic E-state index is 13.6. The average molecular weight is 532 g/mol. The van der Waals surface area contributed by atoms with Gasteiger partial charge in [-0.15, -0.1) is 23.1 Å². The Morgan fingerprint density at radius 1 is 1.19 bits per heavy atom. The fraction of sp³-hybridized carbons (Fsp3) is 0.240. The lowest BCUT2D eigenvalue weighted by Gasteiger charge is -2.23. The van der Waals surface area contributed by atoms with Crippen LogP contribution >= 0.6 is 23.1 Å². The number of aryl methyl sites for hydroxylation is 1. The quantitative estimate of drug-likeness (QED) is 0.355. The molecule has 0 spiro atoms. The highest BCUT2D eigenvalue weighted by Gasteiger charge is 2.35. The van der Waals surface area contributed by atoms with Gasteiger partial charge >= 0.3 is 6.18 Å². The molecule has 5 rings (SSSR count). The second kappa shape index (κ2) is 9.29. The minimum Gasteiger partial charge on any atom is -0.461 e. The van der Waals surface area contributed by atoms with Crippen molar-refractivity contribution in [3.8, 4) is 10.4 Å². The summed E-state index contributed by atoms with van der Waals surface area (Å²) in [5, 5.41) is 1.20. The minimum absolute atomic E-state index is 0.143. The molecule has 2 amide bonds. The molecule has 2 aromatic heterocycles. The van der Waals surface area contributed by atoms with E-state index in [0.29, 0.717) is 55.8 Å². The highest BCUT2D eigenvalue weighted by atomic mass is 32.2. The maximum absolute atomic E-state index is 13.6. The Labute approximate surface area is 212 Å². The number of thiazole rings is 1. The summed E-state index contributed by atoms with van der Waals surface area (Å²) in [6, 6.07) is 11.6. The molecule has 4 aromatic rings. The van der Waals surface area contributed by atoms with E-state index in [9.17, 15) is 22.8 Å². The first-order valence-electron chi connectivity index (χ1n) is 11.0. The van der Waals surface area contributed by atoms with E-state index in [4.69, 9.17) is 10.2 Å². The van der Waals surface area contributed by atoms with E-state index >= 15 is 0 Å². The van der Waals surface area contributed by atoms with Crippen molar-refractivity contribution in [3.63, 3.8) is 0 Å². The number of nitrogens with two attached hydrogens (primary N) is 1. The number of nitrogens with zero attached hydrogens (tertiary/aromatic N) is 2. The van der Waals surface area contributed by atoms with Gasteiger partial charge in [0.2, 0.25) is 5.91 Å². The van der Waals surface area contributed by atoms with Gasteiger partial charge in [0.05, 0.1) is 26.9 Å². The number of carbonyl (C=O) groups is 2. The number of hydrogen-bond donors (Lipinski definition) is 1. The van der Waals surface area contributed by atoms with Gasteiger partial charge in [-0.05, 0) is 42.8 Å². The summed E-state index contributed by atoms with van der Waals surface area (Å²) < 4.78 is 45.7. The number of primary amides is 1. The second-order valence-electron chi connectivity index (χ2n) is 8.42. The zero-order valence-electron chi connectivity index (χ0n) is 19.0. The van der Waals surface area contributed by atoms with Crippen molar-refractivity contribution in [2.45, 2.75) is 25.6 Å². The number of alkyl halides is 3. The van der Waals surface area contributed by atoms with E-state index in [1.165, 1.54) is 17.4 Å². The molecule has 2 N–H and O–H groups in total. The fourth-order valence-corrected chi connectivity index (χ4v) is 6.38. The van der Waals surface area contributed by atoms with Gasteiger partial charge in [-0.2, -0.15) is 13.2 Å². The van der Waals surface area contributed by atoms with Crippen LogP contribution in [0.4, 0.5) is 13.2 Å². The normalized spacial score (nSPS) is 16.1. The number of benzene rings is 2. The Bertz CT molecular complexity index is 1480. The summed E-state index contributed by atoms with van der Waals surface area (Å²) in [5.41, 5.74) is 6.04. The molecule has 6 nitrogen and oxygen atoms in total. The molecule has 0 aliphatic carbocycles.